The lowest BCUT2D eigenvalue weighted by molar-refractivity contribution is 0.0190. The topological polar surface area (TPSA) is 15.3 Å². The van der Waals surface area contributed by atoms with Gasteiger partial charge in [0, 0.05) is 19.1 Å². The van der Waals surface area contributed by atoms with Crippen LogP contribution >= 0.6 is 0 Å². The zero-order valence-electron chi connectivity index (χ0n) is 12.8. The fraction of sp³-hybridized carbons (Fsp3) is 1.00. The number of nitrogens with zero attached hydrogens (tertiary/aromatic N) is 1. The third-order valence-corrected chi connectivity index (χ3v) is 6.16. The molecular weight excluding hydrogens is 232 g/mol. The van der Waals surface area contributed by atoms with Crippen LogP contribution in [-0.4, -0.2) is 37.1 Å². The first-order valence-electron chi connectivity index (χ1n) is 8.74. The molecule has 0 radical (unpaired) electrons. The first-order valence-corrected chi connectivity index (χ1v) is 8.74. The second-order valence-electron chi connectivity index (χ2n) is 7.49. The second kappa shape index (κ2) is 6.13. The van der Waals surface area contributed by atoms with Gasteiger partial charge >= 0.3 is 0 Å². The van der Waals surface area contributed by atoms with Crippen LogP contribution in [0.5, 0.6) is 0 Å². The van der Waals surface area contributed by atoms with Crippen LogP contribution in [0.2, 0.25) is 0 Å². The van der Waals surface area contributed by atoms with Gasteiger partial charge in [0.2, 0.25) is 0 Å². The molecule has 3 aliphatic rings. The molecule has 1 spiro atoms. The molecular formula is C17H32N2. The molecule has 2 atom stereocenters. The molecule has 2 nitrogen and oxygen atoms in total. The molecule has 2 unspecified atom stereocenters. The van der Waals surface area contributed by atoms with E-state index < -0.39 is 0 Å². The zero-order chi connectivity index (χ0) is 13.1. The first-order chi connectivity index (χ1) is 9.29. The van der Waals surface area contributed by atoms with Gasteiger partial charge in [0.15, 0.2) is 0 Å². The highest BCUT2D eigenvalue weighted by atomic mass is 15.2. The van der Waals surface area contributed by atoms with Crippen LogP contribution < -0.4 is 5.32 Å². The number of hydrogen-bond donors (Lipinski definition) is 1. The van der Waals surface area contributed by atoms with Gasteiger partial charge in [0.05, 0.1) is 0 Å². The number of nitrogens with one attached hydrogen (secondary N) is 1. The molecule has 0 aromatic rings. The maximum atomic E-state index is 3.66. The quantitative estimate of drug-likeness (QED) is 0.822. The van der Waals surface area contributed by atoms with Crippen molar-refractivity contribution in [2.45, 2.75) is 70.8 Å². The fourth-order valence-corrected chi connectivity index (χ4v) is 4.89. The lowest BCUT2D eigenvalue weighted by Crippen LogP contribution is -2.54. The van der Waals surface area contributed by atoms with E-state index in [1.807, 2.05) is 0 Å². The molecule has 0 aromatic carbocycles. The minimum atomic E-state index is 0.624. The average Bonchev–Trinajstić information content (AvgIpc) is 2.48. The predicted molar refractivity (Wildman–Crippen MR) is 81.4 cm³/mol. The molecule has 1 aliphatic carbocycles. The minimum Gasteiger partial charge on any atom is -0.316 e. The van der Waals surface area contributed by atoms with Crippen molar-refractivity contribution < 1.29 is 0 Å². The van der Waals surface area contributed by atoms with E-state index in [2.05, 4.69) is 17.1 Å². The summed E-state index contributed by atoms with van der Waals surface area (Å²) >= 11 is 0. The minimum absolute atomic E-state index is 0.624. The summed E-state index contributed by atoms with van der Waals surface area (Å²) in [7, 11) is 0. The number of rotatable bonds is 2. The summed E-state index contributed by atoms with van der Waals surface area (Å²) in [6.45, 7) is 7.78. The number of piperidine rings is 2. The summed E-state index contributed by atoms with van der Waals surface area (Å²) in [6.07, 6.45) is 13.2. The Morgan fingerprint density at radius 3 is 2.58 bits per heavy atom. The highest BCUT2D eigenvalue weighted by molar-refractivity contribution is 4.93. The molecule has 0 amide bonds. The monoisotopic (exact) mass is 264 g/mol. The molecule has 2 heterocycles. The Kier molecular flexibility index (Phi) is 4.48. The lowest BCUT2D eigenvalue weighted by Gasteiger charge is -2.49. The van der Waals surface area contributed by atoms with Crippen LogP contribution in [0.4, 0.5) is 0 Å². The number of likely N-dealkylation sites (tertiary alicyclic amines) is 1. The van der Waals surface area contributed by atoms with Crippen molar-refractivity contribution in [2.75, 3.05) is 26.2 Å². The van der Waals surface area contributed by atoms with Crippen molar-refractivity contribution in [3.05, 3.63) is 0 Å². The highest BCUT2D eigenvalue weighted by Crippen LogP contribution is 2.38. The Morgan fingerprint density at radius 1 is 1.05 bits per heavy atom. The zero-order valence-corrected chi connectivity index (χ0v) is 12.8. The van der Waals surface area contributed by atoms with Crippen LogP contribution in [0, 0.1) is 11.3 Å². The van der Waals surface area contributed by atoms with E-state index in [1.165, 1.54) is 84.0 Å². The van der Waals surface area contributed by atoms with Gasteiger partial charge in [-0.15, -0.1) is 0 Å². The molecule has 110 valence electrons. The summed E-state index contributed by atoms with van der Waals surface area (Å²) < 4.78 is 0. The van der Waals surface area contributed by atoms with Crippen molar-refractivity contribution in [2.24, 2.45) is 11.3 Å². The van der Waals surface area contributed by atoms with Crippen molar-refractivity contribution >= 4 is 0 Å². The van der Waals surface area contributed by atoms with Crippen molar-refractivity contribution in [1.29, 1.82) is 0 Å². The molecule has 3 fully saturated rings. The van der Waals surface area contributed by atoms with E-state index in [0.717, 1.165) is 12.0 Å². The van der Waals surface area contributed by atoms with Crippen LogP contribution in [0.25, 0.3) is 0 Å². The predicted octanol–water partition coefficient (Wildman–Crippen LogP) is 3.42. The standard InChI is InChI=1S/C17H32N2/c1-15(16-7-3-2-4-8-16)19-12-6-10-17(14-19)9-5-11-18-13-17/h15-16,18H,2-14H2,1H3. The third-order valence-electron chi connectivity index (χ3n) is 6.16. The Labute approximate surface area is 119 Å². The van der Waals surface area contributed by atoms with E-state index in [9.17, 15) is 0 Å². The molecule has 3 rings (SSSR count). The van der Waals surface area contributed by atoms with Gasteiger partial charge in [-0.05, 0) is 69.9 Å². The Bertz CT molecular complexity index is 271. The van der Waals surface area contributed by atoms with Gasteiger partial charge in [-0.2, -0.15) is 0 Å². The van der Waals surface area contributed by atoms with E-state index in [4.69, 9.17) is 0 Å². The summed E-state index contributed by atoms with van der Waals surface area (Å²) in [5.41, 5.74) is 0.624. The van der Waals surface area contributed by atoms with Crippen LogP contribution in [-0.2, 0) is 0 Å². The molecule has 1 saturated carbocycles. The maximum Gasteiger partial charge on any atom is 0.00954 e. The summed E-state index contributed by atoms with van der Waals surface area (Å²) in [5, 5.41) is 3.66. The van der Waals surface area contributed by atoms with Crippen molar-refractivity contribution in [1.82, 2.24) is 10.2 Å². The normalized spacial score (nSPS) is 36.5. The highest BCUT2D eigenvalue weighted by Gasteiger charge is 2.39. The molecule has 2 heteroatoms. The summed E-state index contributed by atoms with van der Waals surface area (Å²) in [4.78, 5) is 2.85. The van der Waals surface area contributed by atoms with Gasteiger partial charge in [0.1, 0.15) is 0 Å². The largest absolute Gasteiger partial charge is 0.316 e. The molecule has 2 aliphatic heterocycles. The van der Waals surface area contributed by atoms with Crippen LogP contribution in [0.1, 0.15) is 64.7 Å². The van der Waals surface area contributed by atoms with Gasteiger partial charge in [0.25, 0.3) is 0 Å². The molecule has 2 saturated heterocycles. The number of hydrogen-bond acceptors (Lipinski definition) is 2. The molecule has 19 heavy (non-hydrogen) atoms. The van der Waals surface area contributed by atoms with E-state index in [0.29, 0.717) is 5.41 Å². The Hall–Kier alpha value is -0.0800. The Balaban J connectivity index is 1.60. The van der Waals surface area contributed by atoms with E-state index >= 15 is 0 Å². The molecule has 1 N–H and O–H groups in total. The first kappa shape index (κ1) is 13.9. The average molecular weight is 264 g/mol. The van der Waals surface area contributed by atoms with Crippen LogP contribution in [0.15, 0.2) is 0 Å². The Morgan fingerprint density at radius 2 is 1.84 bits per heavy atom. The summed E-state index contributed by atoms with van der Waals surface area (Å²) in [6, 6.07) is 0.833. The van der Waals surface area contributed by atoms with Crippen LogP contribution in [0.3, 0.4) is 0 Å². The van der Waals surface area contributed by atoms with Crippen molar-refractivity contribution in [3.63, 3.8) is 0 Å². The van der Waals surface area contributed by atoms with Gasteiger partial charge in [-0.25, -0.2) is 0 Å². The molecule has 0 bridgehead atoms. The smallest absolute Gasteiger partial charge is 0.00954 e. The maximum absolute atomic E-state index is 3.66. The molecule has 0 aromatic heterocycles. The fourth-order valence-electron chi connectivity index (χ4n) is 4.89. The van der Waals surface area contributed by atoms with E-state index in [1.54, 1.807) is 0 Å². The SMILES string of the molecule is CC(C1CCCCC1)N1CCCC2(CCCNC2)C1. The van der Waals surface area contributed by atoms with Gasteiger partial charge in [-0.3, -0.25) is 4.90 Å². The van der Waals surface area contributed by atoms with E-state index in [-0.39, 0.29) is 0 Å². The lowest BCUT2D eigenvalue weighted by atomic mass is 9.73. The third kappa shape index (κ3) is 3.16. The van der Waals surface area contributed by atoms with Gasteiger partial charge in [-0.1, -0.05) is 19.3 Å². The summed E-state index contributed by atoms with van der Waals surface area (Å²) in [5.74, 6) is 0.987. The van der Waals surface area contributed by atoms with Crippen molar-refractivity contribution in [3.8, 4) is 0 Å². The second-order valence-corrected chi connectivity index (χ2v) is 7.49. The van der Waals surface area contributed by atoms with Gasteiger partial charge < -0.3 is 5.32 Å².